The molecule has 0 atom stereocenters. The first-order valence-electron chi connectivity index (χ1n) is 5.59. The zero-order valence-electron chi connectivity index (χ0n) is 9.88. The van der Waals surface area contributed by atoms with Gasteiger partial charge < -0.3 is 0 Å². The molecule has 0 heterocycles. The molecule has 0 saturated carbocycles. The molecule has 2 aromatic rings. The molecule has 0 radical (unpaired) electrons. The lowest BCUT2D eigenvalue weighted by Gasteiger charge is -2.04. The Morgan fingerprint density at radius 2 is 1.79 bits per heavy atom. The second-order valence-electron chi connectivity index (χ2n) is 3.97. The van der Waals surface area contributed by atoms with Gasteiger partial charge in [0.05, 0.1) is 4.92 Å². The van der Waals surface area contributed by atoms with E-state index < -0.39 is 4.92 Å². The van der Waals surface area contributed by atoms with Crippen molar-refractivity contribution in [1.29, 1.82) is 0 Å². The Morgan fingerprint density at radius 1 is 1.11 bits per heavy atom. The third kappa shape index (κ3) is 2.98. The van der Waals surface area contributed by atoms with Crippen LogP contribution in [-0.4, -0.2) is 10.7 Å². The summed E-state index contributed by atoms with van der Waals surface area (Å²) in [7, 11) is 0. The van der Waals surface area contributed by atoms with E-state index in [-0.39, 0.29) is 22.9 Å². The first-order valence-corrected chi connectivity index (χ1v) is 5.97. The van der Waals surface area contributed by atoms with Gasteiger partial charge in [0.1, 0.15) is 5.02 Å². The SMILES string of the molecule is O=C(Cc1cccc(Cl)c1[N+](=O)[O-])c1ccccc1. The number of benzene rings is 2. The van der Waals surface area contributed by atoms with E-state index in [1.165, 1.54) is 6.07 Å². The molecule has 0 bridgehead atoms. The molecule has 0 amide bonds. The maximum atomic E-state index is 12.0. The molecular formula is C14H10ClNO3. The van der Waals surface area contributed by atoms with Gasteiger partial charge in [-0.3, -0.25) is 14.9 Å². The summed E-state index contributed by atoms with van der Waals surface area (Å²) in [6.45, 7) is 0. The first kappa shape index (κ1) is 13.2. The Kier molecular flexibility index (Phi) is 3.92. The first-order chi connectivity index (χ1) is 9.09. The van der Waals surface area contributed by atoms with E-state index >= 15 is 0 Å². The van der Waals surface area contributed by atoms with Crippen molar-refractivity contribution in [3.8, 4) is 0 Å². The maximum absolute atomic E-state index is 12.0. The summed E-state index contributed by atoms with van der Waals surface area (Å²) >= 11 is 5.80. The summed E-state index contributed by atoms with van der Waals surface area (Å²) < 4.78 is 0. The zero-order chi connectivity index (χ0) is 13.8. The number of hydrogen-bond acceptors (Lipinski definition) is 3. The standard InChI is InChI=1S/C14H10ClNO3/c15-12-8-4-7-11(14(12)16(18)19)9-13(17)10-5-2-1-3-6-10/h1-8H,9H2. The lowest BCUT2D eigenvalue weighted by atomic mass is 10.0. The predicted octanol–water partition coefficient (Wildman–Crippen LogP) is 3.67. The third-order valence-electron chi connectivity index (χ3n) is 2.70. The van der Waals surface area contributed by atoms with Crippen molar-refractivity contribution < 1.29 is 9.72 Å². The van der Waals surface area contributed by atoms with Gasteiger partial charge in [-0.05, 0) is 6.07 Å². The molecule has 2 aromatic carbocycles. The molecule has 0 aliphatic rings. The topological polar surface area (TPSA) is 60.2 Å². The van der Waals surface area contributed by atoms with Crippen molar-refractivity contribution >= 4 is 23.1 Å². The molecule has 0 fully saturated rings. The Bertz CT molecular complexity index is 626. The van der Waals surface area contributed by atoms with E-state index in [9.17, 15) is 14.9 Å². The van der Waals surface area contributed by atoms with Crippen molar-refractivity contribution in [2.45, 2.75) is 6.42 Å². The van der Waals surface area contributed by atoms with Crippen LogP contribution in [0.5, 0.6) is 0 Å². The van der Waals surface area contributed by atoms with E-state index in [0.29, 0.717) is 11.1 Å². The fraction of sp³-hybridized carbons (Fsp3) is 0.0714. The van der Waals surface area contributed by atoms with Gasteiger partial charge >= 0.3 is 0 Å². The van der Waals surface area contributed by atoms with Crippen LogP contribution in [0.2, 0.25) is 5.02 Å². The number of nitrogens with zero attached hydrogens (tertiary/aromatic N) is 1. The minimum Gasteiger partial charge on any atom is -0.294 e. The van der Waals surface area contributed by atoms with Gasteiger partial charge in [-0.1, -0.05) is 54.1 Å². The Labute approximate surface area is 114 Å². The summed E-state index contributed by atoms with van der Waals surface area (Å²) in [6, 6.07) is 13.2. The van der Waals surface area contributed by atoms with Crippen LogP contribution in [0, 0.1) is 10.1 Å². The summed E-state index contributed by atoms with van der Waals surface area (Å²) in [6.07, 6.45) is -0.0408. The third-order valence-corrected chi connectivity index (χ3v) is 3.00. The molecule has 2 rings (SSSR count). The molecule has 96 valence electrons. The average molecular weight is 276 g/mol. The molecule has 0 saturated heterocycles. The molecule has 5 heteroatoms. The number of halogens is 1. The highest BCUT2D eigenvalue weighted by atomic mass is 35.5. The smallest absolute Gasteiger partial charge is 0.291 e. The number of nitro benzene ring substituents is 1. The molecule has 0 N–H and O–H groups in total. The number of carbonyl (C=O) groups is 1. The van der Waals surface area contributed by atoms with E-state index in [1.807, 2.05) is 0 Å². The molecule has 0 unspecified atom stereocenters. The van der Waals surface area contributed by atoms with Crippen LogP contribution in [0.4, 0.5) is 5.69 Å². The summed E-state index contributed by atoms with van der Waals surface area (Å²) in [5.74, 6) is -0.175. The number of para-hydroxylation sites is 1. The highest BCUT2D eigenvalue weighted by Gasteiger charge is 2.20. The van der Waals surface area contributed by atoms with Gasteiger partial charge in [0.2, 0.25) is 0 Å². The van der Waals surface area contributed by atoms with Crippen molar-refractivity contribution in [1.82, 2.24) is 0 Å². The van der Waals surface area contributed by atoms with Crippen LogP contribution in [0.25, 0.3) is 0 Å². The average Bonchev–Trinajstić information content (AvgIpc) is 2.39. The van der Waals surface area contributed by atoms with E-state index in [1.54, 1.807) is 42.5 Å². The van der Waals surface area contributed by atoms with Gasteiger partial charge in [0.15, 0.2) is 5.78 Å². The quantitative estimate of drug-likeness (QED) is 0.486. The highest BCUT2D eigenvalue weighted by molar-refractivity contribution is 6.32. The van der Waals surface area contributed by atoms with E-state index in [0.717, 1.165) is 0 Å². The van der Waals surface area contributed by atoms with Crippen LogP contribution in [0.3, 0.4) is 0 Å². The van der Waals surface area contributed by atoms with Gasteiger partial charge in [-0.15, -0.1) is 0 Å². The Hall–Kier alpha value is -2.20. The van der Waals surface area contributed by atoms with Gasteiger partial charge in [0, 0.05) is 17.5 Å². The fourth-order valence-corrected chi connectivity index (χ4v) is 2.07. The number of carbonyl (C=O) groups excluding carboxylic acids is 1. The molecule has 4 nitrogen and oxygen atoms in total. The molecule has 0 aliphatic carbocycles. The number of nitro groups is 1. The molecule has 0 aliphatic heterocycles. The number of hydrogen-bond donors (Lipinski definition) is 0. The maximum Gasteiger partial charge on any atom is 0.291 e. The minimum atomic E-state index is -0.560. The number of Topliss-reactive ketones (excluding diaryl/α,β-unsaturated/α-hetero) is 1. The van der Waals surface area contributed by atoms with Gasteiger partial charge in [0.25, 0.3) is 5.69 Å². The lowest BCUT2D eigenvalue weighted by molar-refractivity contribution is -0.385. The molecule has 19 heavy (non-hydrogen) atoms. The number of ketones is 1. The second kappa shape index (κ2) is 5.63. The van der Waals surface area contributed by atoms with Crippen LogP contribution in [-0.2, 0) is 6.42 Å². The lowest BCUT2D eigenvalue weighted by Crippen LogP contribution is -2.06. The van der Waals surface area contributed by atoms with Crippen LogP contribution >= 0.6 is 11.6 Å². The molecule has 0 spiro atoms. The van der Waals surface area contributed by atoms with Crippen molar-refractivity contribution in [2.24, 2.45) is 0 Å². The van der Waals surface area contributed by atoms with Gasteiger partial charge in [-0.25, -0.2) is 0 Å². The highest BCUT2D eigenvalue weighted by Crippen LogP contribution is 2.29. The zero-order valence-corrected chi connectivity index (χ0v) is 10.6. The minimum absolute atomic E-state index is 0.0408. The largest absolute Gasteiger partial charge is 0.294 e. The monoisotopic (exact) mass is 275 g/mol. The van der Waals surface area contributed by atoms with Crippen molar-refractivity contribution in [3.05, 3.63) is 74.8 Å². The van der Waals surface area contributed by atoms with Crippen LogP contribution in [0.15, 0.2) is 48.5 Å². The van der Waals surface area contributed by atoms with Gasteiger partial charge in [-0.2, -0.15) is 0 Å². The van der Waals surface area contributed by atoms with E-state index in [4.69, 9.17) is 11.6 Å². The van der Waals surface area contributed by atoms with Crippen molar-refractivity contribution in [2.75, 3.05) is 0 Å². The Morgan fingerprint density at radius 3 is 2.42 bits per heavy atom. The Balaban J connectivity index is 2.32. The molecule has 0 aromatic heterocycles. The normalized spacial score (nSPS) is 10.2. The van der Waals surface area contributed by atoms with Crippen LogP contribution < -0.4 is 0 Å². The predicted molar refractivity (Wildman–Crippen MR) is 72.6 cm³/mol. The second-order valence-corrected chi connectivity index (χ2v) is 4.38. The summed E-state index contributed by atoms with van der Waals surface area (Å²) in [5.41, 5.74) is 0.650. The fourth-order valence-electron chi connectivity index (χ4n) is 1.81. The summed E-state index contributed by atoms with van der Waals surface area (Å²) in [4.78, 5) is 22.4. The van der Waals surface area contributed by atoms with Crippen LogP contribution in [0.1, 0.15) is 15.9 Å². The summed E-state index contributed by atoms with van der Waals surface area (Å²) in [5, 5.41) is 11.0. The number of rotatable bonds is 4. The van der Waals surface area contributed by atoms with Crippen molar-refractivity contribution in [3.63, 3.8) is 0 Å². The van der Waals surface area contributed by atoms with E-state index in [2.05, 4.69) is 0 Å². The molecular weight excluding hydrogens is 266 g/mol.